The molecule has 1 aliphatic heterocycles. The zero-order chi connectivity index (χ0) is 18.8. The van der Waals surface area contributed by atoms with Crippen LogP contribution in [-0.4, -0.2) is 51.2 Å². The Morgan fingerprint density at radius 3 is 2.62 bits per heavy atom. The van der Waals surface area contributed by atoms with Crippen molar-refractivity contribution in [2.75, 3.05) is 45.3 Å². The highest BCUT2D eigenvalue weighted by Gasteiger charge is 2.26. The summed E-state index contributed by atoms with van der Waals surface area (Å²) in [6.07, 6.45) is 0.754. The van der Waals surface area contributed by atoms with Crippen molar-refractivity contribution in [3.8, 4) is 0 Å². The van der Waals surface area contributed by atoms with Crippen molar-refractivity contribution in [3.05, 3.63) is 39.5 Å². The van der Waals surface area contributed by atoms with Crippen LogP contribution in [0.2, 0.25) is 0 Å². The van der Waals surface area contributed by atoms with E-state index in [1.807, 2.05) is 6.92 Å². The summed E-state index contributed by atoms with van der Waals surface area (Å²) in [5.74, 6) is 0.456. The van der Waals surface area contributed by atoms with Gasteiger partial charge in [-0.2, -0.15) is 0 Å². The highest BCUT2D eigenvalue weighted by Crippen LogP contribution is 2.34. The molecule has 3 rings (SSSR count). The molecule has 2 aromatic rings. The predicted octanol–water partition coefficient (Wildman–Crippen LogP) is 3.18. The second-order valence-corrected chi connectivity index (χ2v) is 7.64. The number of alkyl halides is 1. The Morgan fingerprint density at radius 1 is 1.31 bits per heavy atom. The number of benzene rings is 1. The monoisotopic (exact) mass is 422 g/mol. The molecule has 1 atom stereocenters. The summed E-state index contributed by atoms with van der Waals surface area (Å²) in [7, 11) is 3.38. The zero-order valence-corrected chi connectivity index (χ0v) is 16.8. The number of morpholine rings is 1. The van der Waals surface area contributed by atoms with Crippen LogP contribution in [0, 0.1) is 0 Å². The molecule has 1 unspecified atom stereocenters. The molecule has 1 aliphatic rings. The third-order valence-electron chi connectivity index (χ3n) is 4.53. The largest absolute Gasteiger partial charge is 0.440 e. The lowest BCUT2D eigenvalue weighted by Gasteiger charge is -2.29. The highest BCUT2D eigenvalue weighted by atomic mass is 79.9. The number of amides is 1. The number of carbonyl (C=O) groups is 1. The van der Waals surface area contributed by atoms with Crippen LogP contribution in [0.3, 0.4) is 0 Å². The first-order valence-electron chi connectivity index (χ1n) is 8.73. The van der Waals surface area contributed by atoms with Crippen LogP contribution in [0.15, 0.2) is 27.4 Å². The normalized spacial score (nSPS) is 15.9. The van der Waals surface area contributed by atoms with E-state index in [0.717, 1.165) is 6.42 Å². The van der Waals surface area contributed by atoms with Gasteiger partial charge in [0, 0.05) is 37.6 Å². The third-order valence-corrected chi connectivity index (χ3v) is 5.63. The first kappa shape index (κ1) is 18.9. The van der Waals surface area contributed by atoms with E-state index in [2.05, 4.69) is 20.8 Å². The molecular weight excluding hydrogens is 400 g/mol. The van der Waals surface area contributed by atoms with Crippen LogP contribution in [0.5, 0.6) is 0 Å². The number of carbonyl (C=O) groups excluding carboxylic acids is 1. The van der Waals surface area contributed by atoms with Gasteiger partial charge in [0.2, 0.25) is 5.88 Å². The van der Waals surface area contributed by atoms with Crippen molar-refractivity contribution >= 4 is 38.7 Å². The van der Waals surface area contributed by atoms with Gasteiger partial charge in [0.1, 0.15) is 5.58 Å². The summed E-state index contributed by atoms with van der Waals surface area (Å²) in [6.45, 7) is 4.59. The highest BCUT2D eigenvalue weighted by molar-refractivity contribution is 9.09. The van der Waals surface area contributed by atoms with Crippen molar-refractivity contribution in [3.63, 3.8) is 0 Å². The average molecular weight is 423 g/mol. The van der Waals surface area contributed by atoms with Crippen molar-refractivity contribution in [1.82, 2.24) is 4.90 Å². The molecule has 26 heavy (non-hydrogen) atoms. The lowest BCUT2D eigenvalue weighted by molar-refractivity contribution is 0.0827. The molecule has 0 bridgehead atoms. The fourth-order valence-electron chi connectivity index (χ4n) is 3.07. The first-order valence-corrected chi connectivity index (χ1v) is 9.64. The molecule has 0 aliphatic carbocycles. The molecule has 2 heterocycles. The van der Waals surface area contributed by atoms with E-state index in [4.69, 9.17) is 9.15 Å². The molecule has 0 N–H and O–H groups in total. The van der Waals surface area contributed by atoms with Crippen molar-refractivity contribution in [2.24, 2.45) is 0 Å². The van der Waals surface area contributed by atoms with Crippen LogP contribution in [0.1, 0.15) is 34.1 Å². The Morgan fingerprint density at radius 2 is 2.00 bits per heavy atom. The van der Waals surface area contributed by atoms with Gasteiger partial charge in [-0.25, -0.2) is 0 Å². The summed E-state index contributed by atoms with van der Waals surface area (Å²) in [4.78, 5) is 28.9. The fourth-order valence-corrected chi connectivity index (χ4v) is 3.47. The maximum absolute atomic E-state index is 13.3. The minimum Gasteiger partial charge on any atom is -0.440 e. The Bertz CT molecular complexity index is 872. The molecule has 0 saturated carbocycles. The van der Waals surface area contributed by atoms with E-state index < -0.39 is 0 Å². The number of nitrogens with zero attached hydrogens (tertiary/aromatic N) is 2. The van der Waals surface area contributed by atoms with E-state index >= 15 is 0 Å². The number of rotatable bonds is 4. The standard InChI is InChI=1S/C19H23BrN2O4/c1-4-14(20)16-17(23)13-11-12(18(24)21(2)3)5-6-15(13)26-19(16)22-7-9-25-10-8-22/h5-6,11,14H,4,7-10H2,1-3H3. The number of halogens is 1. The third kappa shape index (κ3) is 3.50. The van der Waals surface area contributed by atoms with Crippen molar-refractivity contribution in [2.45, 2.75) is 18.2 Å². The predicted molar refractivity (Wildman–Crippen MR) is 105 cm³/mol. The quantitative estimate of drug-likeness (QED) is 0.707. The van der Waals surface area contributed by atoms with Crippen LogP contribution in [0.4, 0.5) is 5.88 Å². The summed E-state index contributed by atoms with van der Waals surface area (Å²) < 4.78 is 11.6. The van der Waals surface area contributed by atoms with E-state index in [0.29, 0.717) is 54.3 Å². The van der Waals surface area contributed by atoms with Gasteiger partial charge in [-0.3, -0.25) is 9.59 Å². The van der Waals surface area contributed by atoms with Gasteiger partial charge >= 0.3 is 0 Å². The molecule has 1 aromatic heterocycles. The van der Waals surface area contributed by atoms with Gasteiger partial charge in [-0.15, -0.1) is 0 Å². The lowest BCUT2D eigenvalue weighted by Crippen LogP contribution is -2.37. The van der Waals surface area contributed by atoms with Crippen LogP contribution in [-0.2, 0) is 4.74 Å². The van der Waals surface area contributed by atoms with E-state index in [1.165, 1.54) is 4.90 Å². The Hall–Kier alpha value is -1.86. The average Bonchev–Trinajstić information content (AvgIpc) is 2.67. The molecular formula is C19H23BrN2O4. The number of anilines is 1. The molecule has 140 valence electrons. The maximum Gasteiger partial charge on any atom is 0.253 e. The Kier molecular flexibility index (Phi) is 5.67. The SMILES string of the molecule is CCC(Br)c1c(N2CCOCC2)oc2ccc(C(=O)N(C)C)cc2c1=O. The smallest absolute Gasteiger partial charge is 0.253 e. The molecule has 1 amide bonds. The summed E-state index contributed by atoms with van der Waals surface area (Å²) in [5, 5.41) is 0.433. The van der Waals surface area contributed by atoms with Crippen molar-refractivity contribution < 1.29 is 13.9 Å². The zero-order valence-electron chi connectivity index (χ0n) is 15.3. The minimum absolute atomic E-state index is 0.0927. The number of hydrogen-bond donors (Lipinski definition) is 0. The van der Waals surface area contributed by atoms with Gasteiger partial charge in [0.15, 0.2) is 5.43 Å². The van der Waals surface area contributed by atoms with Crippen LogP contribution in [0.25, 0.3) is 11.0 Å². The topological polar surface area (TPSA) is 63.0 Å². The minimum atomic E-state index is -0.143. The van der Waals surface area contributed by atoms with E-state index in [9.17, 15) is 9.59 Å². The van der Waals surface area contributed by atoms with Crippen molar-refractivity contribution in [1.29, 1.82) is 0 Å². The summed E-state index contributed by atoms with van der Waals surface area (Å²) >= 11 is 3.62. The van der Waals surface area contributed by atoms with E-state index in [1.54, 1.807) is 32.3 Å². The van der Waals surface area contributed by atoms with Gasteiger partial charge in [0.25, 0.3) is 5.91 Å². The molecule has 1 aromatic carbocycles. The Balaban J connectivity index is 2.20. The lowest BCUT2D eigenvalue weighted by atomic mass is 10.0. The van der Waals surface area contributed by atoms with Gasteiger partial charge < -0.3 is 19.0 Å². The fraction of sp³-hybridized carbons (Fsp3) is 0.474. The molecule has 6 nitrogen and oxygen atoms in total. The number of fused-ring (bicyclic) bond motifs is 1. The van der Waals surface area contributed by atoms with Crippen LogP contribution < -0.4 is 10.3 Å². The molecule has 7 heteroatoms. The number of hydrogen-bond acceptors (Lipinski definition) is 5. The molecule has 0 radical (unpaired) electrons. The summed E-state index contributed by atoms with van der Waals surface area (Å²) in [6, 6.07) is 5.03. The second-order valence-electron chi connectivity index (χ2n) is 6.54. The van der Waals surface area contributed by atoms with Gasteiger partial charge in [0.05, 0.1) is 24.2 Å². The van der Waals surface area contributed by atoms with Crippen LogP contribution >= 0.6 is 15.9 Å². The first-order chi connectivity index (χ1) is 12.4. The molecule has 1 saturated heterocycles. The van der Waals surface area contributed by atoms with Gasteiger partial charge in [-0.1, -0.05) is 22.9 Å². The summed E-state index contributed by atoms with van der Waals surface area (Å²) in [5.41, 5.74) is 1.48. The maximum atomic E-state index is 13.3. The van der Waals surface area contributed by atoms with E-state index in [-0.39, 0.29) is 16.2 Å². The van der Waals surface area contributed by atoms with Gasteiger partial charge in [-0.05, 0) is 24.6 Å². The number of ether oxygens (including phenoxy) is 1. The Labute approximate surface area is 160 Å². The second kappa shape index (κ2) is 7.80. The molecule has 1 fully saturated rings. The molecule has 0 spiro atoms.